The molecule has 1 nitrogen and oxygen atoms in total. The summed E-state index contributed by atoms with van der Waals surface area (Å²) in [6, 6.07) is 6.88. The van der Waals surface area contributed by atoms with Crippen molar-refractivity contribution in [2.24, 2.45) is 0 Å². The first-order chi connectivity index (χ1) is 8.35. The van der Waals surface area contributed by atoms with Gasteiger partial charge in [0, 0.05) is 11.8 Å². The van der Waals surface area contributed by atoms with Crippen molar-refractivity contribution in [2.75, 3.05) is 0 Å². The quantitative estimate of drug-likeness (QED) is 0.764. The highest BCUT2D eigenvalue weighted by atomic mass is 35.5. The summed E-state index contributed by atoms with van der Waals surface area (Å²) in [6.45, 7) is 0. The van der Waals surface area contributed by atoms with Crippen LogP contribution < -0.4 is 0 Å². The Morgan fingerprint density at radius 1 is 1.24 bits per heavy atom. The lowest BCUT2D eigenvalue weighted by Gasteiger charge is -2.03. The van der Waals surface area contributed by atoms with Crippen molar-refractivity contribution in [2.45, 2.75) is 31.6 Å². The lowest BCUT2D eigenvalue weighted by Crippen LogP contribution is -1.91. The molecule has 0 bridgehead atoms. The van der Waals surface area contributed by atoms with Gasteiger partial charge in [0.2, 0.25) is 0 Å². The van der Waals surface area contributed by atoms with Crippen molar-refractivity contribution >= 4 is 22.9 Å². The molecule has 88 valence electrons. The molecule has 0 aliphatic heterocycles. The van der Waals surface area contributed by atoms with E-state index in [1.807, 2.05) is 0 Å². The number of rotatable bonds is 3. The zero-order valence-electron chi connectivity index (χ0n) is 9.58. The minimum Gasteiger partial charge on any atom is -0.245 e. The minimum absolute atomic E-state index is 0.515. The SMILES string of the molecule is ClCc1csc(Cc2ccc3c(c2)CCC3)n1. The smallest absolute Gasteiger partial charge is 0.0972 e. The number of halogens is 1. The summed E-state index contributed by atoms with van der Waals surface area (Å²) in [4.78, 5) is 4.50. The molecule has 1 aliphatic carbocycles. The second-order valence-electron chi connectivity index (χ2n) is 4.50. The fourth-order valence-corrected chi connectivity index (χ4v) is 3.46. The maximum Gasteiger partial charge on any atom is 0.0972 e. The van der Waals surface area contributed by atoms with E-state index in [9.17, 15) is 0 Å². The van der Waals surface area contributed by atoms with Gasteiger partial charge in [-0.05, 0) is 36.0 Å². The number of aromatic nitrogens is 1. The molecule has 3 rings (SSSR count). The van der Waals surface area contributed by atoms with Gasteiger partial charge in [0.15, 0.2) is 0 Å². The first kappa shape index (κ1) is 11.2. The van der Waals surface area contributed by atoms with Crippen molar-refractivity contribution in [3.8, 4) is 0 Å². The van der Waals surface area contributed by atoms with Gasteiger partial charge in [0.25, 0.3) is 0 Å². The van der Waals surface area contributed by atoms with Crippen molar-refractivity contribution in [1.82, 2.24) is 4.98 Å². The Morgan fingerprint density at radius 3 is 2.94 bits per heavy atom. The van der Waals surface area contributed by atoms with Gasteiger partial charge in [-0.15, -0.1) is 22.9 Å². The fraction of sp³-hybridized carbons (Fsp3) is 0.357. The molecule has 0 fully saturated rings. The highest BCUT2D eigenvalue weighted by Crippen LogP contribution is 2.24. The molecule has 1 aliphatic rings. The predicted molar refractivity (Wildman–Crippen MR) is 72.9 cm³/mol. The Bertz CT molecular complexity index is 533. The number of thiazole rings is 1. The topological polar surface area (TPSA) is 12.9 Å². The average Bonchev–Trinajstić information content (AvgIpc) is 2.96. The molecule has 17 heavy (non-hydrogen) atoms. The number of alkyl halides is 1. The third-order valence-corrected chi connectivity index (χ3v) is 4.43. The van der Waals surface area contributed by atoms with Crippen LogP contribution in [0.5, 0.6) is 0 Å². The summed E-state index contributed by atoms with van der Waals surface area (Å²) in [5.41, 5.74) is 5.44. The zero-order valence-corrected chi connectivity index (χ0v) is 11.2. The van der Waals surface area contributed by atoms with Gasteiger partial charge in [-0.25, -0.2) is 4.98 Å². The zero-order chi connectivity index (χ0) is 11.7. The Labute approximate surface area is 110 Å². The number of hydrogen-bond acceptors (Lipinski definition) is 2. The Morgan fingerprint density at radius 2 is 2.12 bits per heavy atom. The van der Waals surface area contributed by atoms with Crippen molar-refractivity contribution < 1.29 is 0 Å². The largest absolute Gasteiger partial charge is 0.245 e. The summed E-state index contributed by atoms with van der Waals surface area (Å²) in [5, 5.41) is 3.22. The van der Waals surface area contributed by atoms with Crippen molar-refractivity contribution in [3.63, 3.8) is 0 Å². The molecule has 0 unspecified atom stereocenters. The highest BCUT2D eigenvalue weighted by molar-refractivity contribution is 7.09. The second-order valence-corrected chi connectivity index (χ2v) is 5.71. The maximum absolute atomic E-state index is 5.76. The average molecular weight is 264 g/mol. The van der Waals surface area contributed by atoms with E-state index in [0.717, 1.165) is 12.1 Å². The van der Waals surface area contributed by atoms with Crippen LogP contribution in [-0.4, -0.2) is 4.98 Å². The first-order valence-electron chi connectivity index (χ1n) is 5.95. The summed E-state index contributed by atoms with van der Waals surface area (Å²) < 4.78 is 0. The predicted octanol–water partition coefficient (Wildman–Crippen LogP) is 3.96. The lowest BCUT2D eigenvalue weighted by molar-refractivity contribution is 0.911. The van der Waals surface area contributed by atoms with E-state index < -0.39 is 0 Å². The molecule has 1 aromatic heterocycles. The van der Waals surface area contributed by atoms with Gasteiger partial charge in [-0.1, -0.05) is 18.2 Å². The van der Waals surface area contributed by atoms with Crippen LogP contribution in [0.2, 0.25) is 0 Å². The lowest BCUT2D eigenvalue weighted by atomic mass is 10.0. The van der Waals surface area contributed by atoms with E-state index in [4.69, 9.17) is 11.6 Å². The normalized spacial score (nSPS) is 13.9. The summed E-state index contributed by atoms with van der Waals surface area (Å²) in [5.74, 6) is 0.515. The fourth-order valence-electron chi connectivity index (χ4n) is 2.40. The number of fused-ring (bicyclic) bond motifs is 1. The van der Waals surface area contributed by atoms with Crippen LogP contribution in [0.15, 0.2) is 23.6 Å². The monoisotopic (exact) mass is 263 g/mol. The van der Waals surface area contributed by atoms with Crippen LogP contribution in [0.3, 0.4) is 0 Å². The molecule has 3 heteroatoms. The van der Waals surface area contributed by atoms with Crippen LogP contribution in [0.1, 0.15) is 33.8 Å². The molecule has 1 heterocycles. The van der Waals surface area contributed by atoms with Gasteiger partial charge in [-0.2, -0.15) is 0 Å². The van der Waals surface area contributed by atoms with Crippen LogP contribution in [-0.2, 0) is 25.1 Å². The molecule has 0 saturated carbocycles. The van der Waals surface area contributed by atoms with Crippen LogP contribution >= 0.6 is 22.9 Å². The Kier molecular flexibility index (Phi) is 3.17. The summed E-state index contributed by atoms with van der Waals surface area (Å²) in [6.07, 6.45) is 4.75. The Balaban J connectivity index is 1.80. The third kappa shape index (κ3) is 2.38. The molecule has 0 amide bonds. The number of hydrogen-bond donors (Lipinski definition) is 0. The molecule has 0 radical (unpaired) electrons. The van der Waals surface area contributed by atoms with E-state index in [1.165, 1.54) is 41.0 Å². The van der Waals surface area contributed by atoms with Crippen LogP contribution in [0.25, 0.3) is 0 Å². The standard InChI is InChI=1S/C14H14ClNS/c15-8-13-9-17-14(16-13)7-10-4-5-11-2-1-3-12(11)6-10/h4-6,9H,1-3,7-8H2. The third-order valence-electron chi connectivity index (χ3n) is 3.25. The van der Waals surface area contributed by atoms with Gasteiger partial charge in [0.05, 0.1) is 16.6 Å². The summed E-state index contributed by atoms with van der Waals surface area (Å²) >= 11 is 7.47. The molecular formula is C14H14ClNS. The van der Waals surface area contributed by atoms with Gasteiger partial charge >= 0.3 is 0 Å². The number of aryl methyl sites for hydroxylation is 2. The second kappa shape index (κ2) is 4.79. The molecule has 0 atom stereocenters. The van der Waals surface area contributed by atoms with Gasteiger partial charge in [0.1, 0.15) is 0 Å². The van der Waals surface area contributed by atoms with E-state index in [1.54, 1.807) is 11.3 Å². The molecule has 0 saturated heterocycles. The maximum atomic E-state index is 5.76. The van der Waals surface area contributed by atoms with Crippen LogP contribution in [0.4, 0.5) is 0 Å². The molecular weight excluding hydrogens is 250 g/mol. The van der Waals surface area contributed by atoms with Gasteiger partial charge < -0.3 is 0 Å². The number of nitrogens with zero attached hydrogens (tertiary/aromatic N) is 1. The molecule has 0 spiro atoms. The van der Waals surface area contributed by atoms with E-state index in [0.29, 0.717) is 5.88 Å². The van der Waals surface area contributed by atoms with E-state index >= 15 is 0 Å². The van der Waals surface area contributed by atoms with Crippen molar-refractivity contribution in [3.05, 3.63) is 51.0 Å². The van der Waals surface area contributed by atoms with E-state index in [-0.39, 0.29) is 0 Å². The summed E-state index contributed by atoms with van der Waals surface area (Å²) in [7, 11) is 0. The van der Waals surface area contributed by atoms with Crippen LogP contribution in [0, 0.1) is 0 Å². The van der Waals surface area contributed by atoms with E-state index in [2.05, 4.69) is 28.6 Å². The minimum atomic E-state index is 0.515. The molecule has 1 aromatic carbocycles. The van der Waals surface area contributed by atoms with Gasteiger partial charge in [-0.3, -0.25) is 0 Å². The highest BCUT2D eigenvalue weighted by Gasteiger charge is 2.11. The molecule has 2 aromatic rings. The van der Waals surface area contributed by atoms with Crippen molar-refractivity contribution in [1.29, 1.82) is 0 Å². The number of benzene rings is 1. The Hall–Kier alpha value is -0.860. The first-order valence-corrected chi connectivity index (χ1v) is 7.36. The molecule has 0 N–H and O–H groups in total.